The van der Waals surface area contributed by atoms with Crippen LogP contribution in [-0.2, 0) is 6.42 Å². The molecule has 33 heavy (non-hydrogen) atoms. The van der Waals surface area contributed by atoms with Crippen molar-refractivity contribution in [1.29, 1.82) is 0 Å². The summed E-state index contributed by atoms with van der Waals surface area (Å²) in [4.78, 5) is 26.1. The van der Waals surface area contributed by atoms with Crippen LogP contribution in [0.25, 0.3) is 10.9 Å². The van der Waals surface area contributed by atoms with Gasteiger partial charge in [-0.1, -0.05) is 18.2 Å². The van der Waals surface area contributed by atoms with E-state index in [0.29, 0.717) is 0 Å². The van der Waals surface area contributed by atoms with Crippen LogP contribution >= 0.6 is 0 Å². The van der Waals surface area contributed by atoms with Crippen molar-refractivity contribution < 1.29 is 4.79 Å². The van der Waals surface area contributed by atoms with Gasteiger partial charge in [-0.25, -0.2) is 4.79 Å². The van der Waals surface area contributed by atoms with E-state index in [1.807, 2.05) is 23.6 Å². The lowest BCUT2D eigenvalue weighted by atomic mass is 10.1. The summed E-state index contributed by atoms with van der Waals surface area (Å²) in [6.45, 7) is 11.7. The number of benzene rings is 2. The number of likely N-dealkylation sites (N-methyl/N-ethyl adjacent to an activating group) is 1. The zero-order valence-corrected chi connectivity index (χ0v) is 19.7. The minimum Gasteiger partial charge on any atom is -0.368 e. The summed E-state index contributed by atoms with van der Waals surface area (Å²) < 4.78 is 0. The predicted molar refractivity (Wildman–Crippen MR) is 135 cm³/mol. The smallest absolute Gasteiger partial charge is 0.324 e. The molecular formula is C27H33N5O. The van der Waals surface area contributed by atoms with Crippen molar-refractivity contribution in [2.75, 3.05) is 62.2 Å². The van der Waals surface area contributed by atoms with E-state index < -0.39 is 0 Å². The number of nitrogens with zero attached hydrogens (tertiary/aromatic N) is 5. The lowest BCUT2D eigenvalue weighted by Gasteiger charge is -2.36. The van der Waals surface area contributed by atoms with Crippen LogP contribution in [0.1, 0.15) is 18.2 Å². The summed E-state index contributed by atoms with van der Waals surface area (Å²) in [6, 6.07) is 19.4. The average Bonchev–Trinajstić information content (AvgIpc) is 3.23. The quantitative estimate of drug-likeness (QED) is 0.574. The zero-order valence-electron chi connectivity index (χ0n) is 19.7. The second-order valence-electron chi connectivity index (χ2n) is 9.06. The molecule has 0 N–H and O–H groups in total. The number of urea groups is 1. The Hall–Kier alpha value is -3.12. The van der Waals surface area contributed by atoms with Crippen LogP contribution in [0, 0.1) is 6.92 Å². The Labute approximate surface area is 196 Å². The van der Waals surface area contributed by atoms with Gasteiger partial charge in [0.2, 0.25) is 0 Å². The maximum Gasteiger partial charge on any atom is 0.324 e. The van der Waals surface area contributed by atoms with Crippen molar-refractivity contribution in [3.8, 4) is 0 Å². The Morgan fingerprint density at radius 2 is 1.73 bits per heavy atom. The van der Waals surface area contributed by atoms with Crippen molar-refractivity contribution in [1.82, 2.24) is 14.8 Å². The van der Waals surface area contributed by atoms with Gasteiger partial charge < -0.3 is 9.80 Å². The molecule has 1 aromatic heterocycles. The molecule has 6 nitrogen and oxygen atoms in total. The van der Waals surface area contributed by atoms with Gasteiger partial charge in [0.1, 0.15) is 0 Å². The number of anilines is 2. The maximum absolute atomic E-state index is 12.5. The highest BCUT2D eigenvalue weighted by atomic mass is 16.2. The first-order valence-corrected chi connectivity index (χ1v) is 12.1. The number of carbonyl (C=O) groups excluding carboxylic acids is 1. The number of fused-ring (bicyclic) bond motifs is 1. The number of pyridine rings is 1. The molecule has 0 radical (unpaired) electrons. The number of aryl methyl sites for hydroxylation is 1. The van der Waals surface area contributed by atoms with E-state index in [0.717, 1.165) is 75.7 Å². The molecule has 2 amide bonds. The lowest BCUT2D eigenvalue weighted by Crippen LogP contribution is -2.47. The second kappa shape index (κ2) is 9.40. The predicted octanol–water partition coefficient (Wildman–Crippen LogP) is 4.17. The third-order valence-corrected chi connectivity index (χ3v) is 6.98. The first kappa shape index (κ1) is 21.7. The van der Waals surface area contributed by atoms with E-state index in [-0.39, 0.29) is 6.03 Å². The molecule has 0 aliphatic carbocycles. The molecule has 3 aromatic rings. The number of hydrogen-bond acceptors (Lipinski definition) is 4. The van der Waals surface area contributed by atoms with E-state index >= 15 is 0 Å². The van der Waals surface area contributed by atoms with Crippen molar-refractivity contribution in [2.24, 2.45) is 0 Å². The largest absolute Gasteiger partial charge is 0.368 e. The average molecular weight is 444 g/mol. The molecule has 0 unspecified atom stereocenters. The van der Waals surface area contributed by atoms with Gasteiger partial charge in [-0.05, 0) is 62.2 Å². The van der Waals surface area contributed by atoms with Gasteiger partial charge in [0.25, 0.3) is 0 Å². The fourth-order valence-corrected chi connectivity index (χ4v) is 5.01. The molecular weight excluding hydrogens is 410 g/mol. The van der Waals surface area contributed by atoms with Crippen LogP contribution in [0.2, 0.25) is 0 Å². The second-order valence-corrected chi connectivity index (χ2v) is 9.06. The molecule has 6 heteroatoms. The highest BCUT2D eigenvalue weighted by Crippen LogP contribution is 2.27. The lowest BCUT2D eigenvalue weighted by molar-refractivity contribution is 0.223. The molecule has 2 saturated heterocycles. The number of carbonyl (C=O) groups is 1. The van der Waals surface area contributed by atoms with Crippen molar-refractivity contribution in [2.45, 2.75) is 20.3 Å². The molecule has 0 atom stereocenters. The minimum atomic E-state index is 0.129. The monoisotopic (exact) mass is 443 g/mol. The molecule has 2 fully saturated rings. The third-order valence-electron chi connectivity index (χ3n) is 6.98. The van der Waals surface area contributed by atoms with Gasteiger partial charge >= 0.3 is 6.03 Å². The first-order chi connectivity index (χ1) is 16.1. The topological polar surface area (TPSA) is 42.9 Å². The Balaban J connectivity index is 1.18. The van der Waals surface area contributed by atoms with Crippen LogP contribution in [0.4, 0.5) is 16.2 Å². The maximum atomic E-state index is 12.5. The van der Waals surface area contributed by atoms with E-state index in [9.17, 15) is 4.79 Å². The first-order valence-electron chi connectivity index (χ1n) is 12.1. The van der Waals surface area contributed by atoms with Crippen LogP contribution in [0.15, 0.2) is 54.6 Å². The van der Waals surface area contributed by atoms with Gasteiger partial charge in [0.15, 0.2) is 0 Å². The van der Waals surface area contributed by atoms with Crippen molar-refractivity contribution in [3.05, 3.63) is 65.9 Å². The SMILES string of the molecule is CCN1CCN(c2cccc(CCN3CCN(c4cccc5nc(C)ccc45)CC3)c2)C1=O. The number of rotatable bonds is 6. The molecule has 3 heterocycles. The standard InChI is InChI=1S/C27H33N5O/c1-3-30-18-19-32(27(30)33)23-7-4-6-22(20-23)12-13-29-14-16-31(17-15-29)26-9-5-8-25-24(26)11-10-21(2)28-25/h4-11,20H,3,12-19H2,1-2H3. The van der Waals surface area contributed by atoms with E-state index in [1.54, 1.807) is 0 Å². The Morgan fingerprint density at radius 1 is 0.909 bits per heavy atom. The molecule has 2 aromatic carbocycles. The molecule has 5 rings (SSSR count). The summed E-state index contributed by atoms with van der Waals surface area (Å²) in [5.41, 5.74) is 5.76. The number of aromatic nitrogens is 1. The van der Waals surface area contributed by atoms with Crippen LogP contribution in [0.3, 0.4) is 0 Å². The van der Waals surface area contributed by atoms with Gasteiger partial charge in [-0.15, -0.1) is 0 Å². The minimum absolute atomic E-state index is 0.129. The van der Waals surface area contributed by atoms with Gasteiger partial charge in [-0.2, -0.15) is 0 Å². The molecule has 2 aliphatic rings. The van der Waals surface area contributed by atoms with Gasteiger partial charge in [0, 0.05) is 74.8 Å². The fourth-order valence-electron chi connectivity index (χ4n) is 5.01. The van der Waals surface area contributed by atoms with E-state index in [4.69, 9.17) is 4.98 Å². The Bertz CT molecular complexity index is 1140. The number of hydrogen-bond donors (Lipinski definition) is 0. The van der Waals surface area contributed by atoms with Crippen LogP contribution in [0.5, 0.6) is 0 Å². The Morgan fingerprint density at radius 3 is 2.52 bits per heavy atom. The number of amides is 2. The highest BCUT2D eigenvalue weighted by Gasteiger charge is 2.28. The summed E-state index contributed by atoms with van der Waals surface area (Å²) in [5, 5.41) is 1.24. The highest BCUT2D eigenvalue weighted by molar-refractivity contribution is 5.94. The van der Waals surface area contributed by atoms with E-state index in [1.165, 1.54) is 16.6 Å². The van der Waals surface area contributed by atoms with Crippen molar-refractivity contribution >= 4 is 28.3 Å². The Kier molecular flexibility index (Phi) is 6.18. The molecule has 0 bridgehead atoms. The van der Waals surface area contributed by atoms with Gasteiger partial charge in [0.05, 0.1) is 5.52 Å². The normalized spacial score (nSPS) is 17.4. The van der Waals surface area contributed by atoms with E-state index in [2.05, 4.69) is 64.4 Å². The molecule has 2 aliphatic heterocycles. The summed E-state index contributed by atoms with van der Waals surface area (Å²) in [6.07, 6.45) is 1.00. The summed E-state index contributed by atoms with van der Waals surface area (Å²) in [7, 11) is 0. The molecule has 0 spiro atoms. The molecule has 172 valence electrons. The molecule has 0 saturated carbocycles. The third kappa shape index (κ3) is 4.53. The van der Waals surface area contributed by atoms with Crippen LogP contribution < -0.4 is 9.80 Å². The summed E-state index contributed by atoms with van der Waals surface area (Å²) in [5.74, 6) is 0. The van der Waals surface area contributed by atoms with Gasteiger partial charge in [-0.3, -0.25) is 14.8 Å². The fraction of sp³-hybridized carbons (Fsp3) is 0.407. The summed E-state index contributed by atoms with van der Waals surface area (Å²) >= 11 is 0. The van der Waals surface area contributed by atoms with Crippen molar-refractivity contribution in [3.63, 3.8) is 0 Å². The number of piperazine rings is 1. The van der Waals surface area contributed by atoms with Crippen LogP contribution in [-0.4, -0.2) is 73.2 Å². The zero-order chi connectivity index (χ0) is 22.8.